The van der Waals surface area contributed by atoms with Crippen molar-refractivity contribution in [3.63, 3.8) is 0 Å². The second kappa shape index (κ2) is 8.14. The monoisotopic (exact) mass is 403 g/mol. The van der Waals surface area contributed by atoms with Gasteiger partial charge in [-0.2, -0.15) is 0 Å². The maximum atomic E-state index is 12.4. The fourth-order valence-corrected chi connectivity index (χ4v) is 4.71. The first-order valence-electron chi connectivity index (χ1n) is 8.52. The Morgan fingerprint density at radius 2 is 2.11 bits per heavy atom. The summed E-state index contributed by atoms with van der Waals surface area (Å²) >= 11 is 2.73. The maximum absolute atomic E-state index is 12.4. The van der Waals surface area contributed by atoms with Crippen LogP contribution in [0, 0.1) is 13.8 Å². The van der Waals surface area contributed by atoms with Gasteiger partial charge in [0.2, 0.25) is 5.91 Å². The molecular weight excluding hydrogens is 382 g/mol. The van der Waals surface area contributed by atoms with Crippen LogP contribution in [0.4, 0.5) is 5.00 Å². The molecular formula is C19H21N3O3S2. The quantitative estimate of drug-likeness (QED) is 0.473. The summed E-state index contributed by atoms with van der Waals surface area (Å²) in [5.41, 5.74) is 4.35. The molecule has 142 valence electrons. The molecule has 0 atom stereocenters. The molecule has 3 aromatic rings. The molecule has 1 amide bonds. The number of esters is 1. The van der Waals surface area contributed by atoms with E-state index in [0.717, 1.165) is 27.0 Å². The van der Waals surface area contributed by atoms with E-state index in [-0.39, 0.29) is 11.7 Å². The molecule has 8 heteroatoms. The van der Waals surface area contributed by atoms with Crippen molar-refractivity contribution >= 4 is 51.0 Å². The van der Waals surface area contributed by atoms with E-state index in [1.54, 1.807) is 0 Å². The number of rotatable bonds is 6. The number of imidazole rings is 1. The lowest BCUT2D eigenvalue weighted by atomic mass is 10.1. The summed E-state index contributed by atoms with van der Waals surface area (Å²) in [4.78, 5) is 33.2. The average molecular weight is 404 g/mol. The smallest absolute Gasteiger partial charge is 0.341 e. The number of methoxy groups -OCH3 is 1. The van der Waals surface area contributed by atoms with Crippen molar-refractivity contribution in [1.82, 2.24) is 9.97 Å². The Morgan fingerprint density at radius 1 is 1.33 bits per heavy atom. The molecule has 0 bridgehead atoms. The SMILES string of the molecule is CCc1c(C)sc(NC(=O)CSc2nc3ccc(C)cc3[nH]2)c1C(=O)OC. The summed E-state index contributed by atoms with van der Waals surface area (Å²) in [6, 6.07) is 5.98. The van der Waals surface area contributed by atoms with Gasteiger partial charge in [0.05, 0.1) is 29.5 Å². The average Bonchev–Trinajstić information content (AvgIpc) is 3.18. The first kappa shape index (κ1) is 19.4. The molecule has 0 fully saturated rings. The third-order valence-corrected chi connectivity index (χ3v) is 6.10. The van der Waals surface area contributed by atoms with Gasteiger partial charge < -0.3 is 15.0 Å². The number of nitrogens with zero attached hydrogens (tertiary/aromatic N) is 1. The van der Waals surface area contributed by atoms with Crippen LogP contribution in [0.5, 0.6) is 0 Å². The van der Waals surface area contributed by atoms with Crippen LogP contribution in [-0.4, -0.2) is 34.7 Å². The second-order valence-electron chi connectivity index (χ2n) is 6.09. The van der Waals surface area contributed by atoms with Gasteiger partial charge in [0, 0.05) is 4.88 Å². The number of thioether (sulfide) groups is 1. The molecule has 0 aliphatic rings. The van der Waals surface area contributed by atoms with Gasteiger partial charge >= 0.3 is 5.97 Å². The number of amides is 1. The minimum Gasteiger partial charge on any atom is -0.465 e. The number of fused-ring (bicyclic) bond motifs is 1. The predicted molar refractivity (Wildman–Crippen MR) is 110 cm³/mol. The van der Waals surface area contributed by atoms with Crippen molar-refractivity contribution in [3.05, 3.63) is 39.8 Å². The summed E-state index contributed by atoms with van der Waals surface area (Å²) in [6.45, 7) is 5.94. The lowest BCUT2D eigenvalue weighted by Crippen LogP contribution is -2.16. The van der Waals surface area contributed by atoms with E-state index in [9.17, 15) is 9.59 Å². The number of benzene rings is 1. The Labute approximate surface area is 165 Å². The predicted octanol–water partition coefficient (Wildman–Crippen LogP) is 4.32. The number of aromatic nitrogens is 2. The summed E-state index contributed by atoms with van der Waals surface area (Å²) in [6.07, 6.45) is 0.704. The minimum atomic E-state index is -0.424. The summed E-state index contributed by atoms with van der Waals surface area (Å²) in [7, 11) is 1.35. The molecule has 6 nitrogen and oxygen atoms in total. The van der Waals surface area contributed by atoms with Gasteiger partial charge in [0.1, 0.15) is 5.00 Å². The second-order valence-corrected chi connectivity index (χ2v) is 8.27. The third-order valence-electron chi connectivity index (χ3n) is 4.16. The number of nitrogens with one attached hydrogen (secondary N) is 2. The molecule has 2 aromatic heterocycles. The zero-order chi connectivity index (χ0) is 19.6. The molecule has 0 saturated carbocycles. The van der Waals surface area contributed by atoms with Crippen molar-refractivity contribution in [2.75, 3.05) is 18.2 Å². The van der Waals surface area contributed by atoms with Crippen molar-refractivity contribution in [2.24, 2.45) is 0 Å². The summed E-state index contributed by atoms with van der Waals surface area (Å²) in [5, 5.41) is 4.08. The van der Waals surface area contributed by atoms with Gasteiger partial charge in [0.15, 0.2) is 5.16 Å². The van der Waals surface area contributed by atoms with E-state index in [1.807, 2.05) is 39.0 Å². The third kappa shape index (κ3) is 4.17. The number of anilines is 1. The standard InChI is InChI=1S/C19H21N3O3S2/c1-5-12-11(3)27-17(16(12)18(24)25-4)22-15(23)9-26-19-20-13-7-6-10(2)8-14(13)21-19/h6-8H,5,9H2,1-4H3,(H,20,21)(H,22,23). The molecule has 0 unspecified atom stereocenters. The van der Waals surface area contributed by atoms with Gasteiger partial charge in [-0.1, -0.05) is 24.8 Å². The summed E-state index contributed by atoms with van der Waals surface area (Å²) < 4.78 is 4.88. The zero-order valence-electron chi connectivity index (χ0n) is 15.6. The molecule has 0 radical (unpaired) electrons. The minimum absolute atomic E-state index is 0.189. The highest BCUT2D eigenvalue weighted by Gasteiger charge is 2.23. The van der Waals surface area contributed by atoms with Gasteiger partial charge in [-0.15, -0.1) is 11.3 Å². The van der Waals surface area contributed by atoms with E-state index in [0.29, 0.717) is 22.1 Å². The van der Waals surface area contributed by atoms with E-state index in [4.69, 9.17) is 4.74 Å². The van der Waals surface area contributed by atoms with Gasteiger partial charge in [0.25, 0.3) is 0 Å². The number of hydrogen-bond acceptors (Lipinski definition) is 6. The Kier molecular flexibility index (Phi) is 5.86. The number of hydrogen-bond donors (Lipinski definition) is 2. The number of aryl methyl sites for hydroxylation is 2. The van der Waals surface area contributed by atoms with Crippen LogP contribution < -0.4 is 5.32 Å². The highest BCUT2D eigenvalue weighted by atomic mass is 32.2. The lowest BCUT2D eigenvalue weighted by molar-refractivity contribution is -0.113. The van der Waals surface area contributed by atoms with E-state index < -0.39 is 5.97 Å². The molecule has 0 aliphatic heterocycles. The molecule has 1 aromatic carbocycles. The fraction of sp³-hybridized carbons (Fsp3) is 0.316. The van der Waals surface area contributed by atoms with Crippen LogP contribution >= 0.6 is 23.1 Å². The van der Waals surface area contributed by atoms with Gasteiger partial charge in [-0.05, 0) is 43.5 Å². The van der Waals surface area contributed by atoms with E-state index in [2.05, 4.69) is 15.3 Å². The van der Waals surface area contributed by atoms with Crippen LogP contribution in [0.2, 0.25) is 0 Å². The van der Waals surface area contributed by atoms with E-state index in [1.165, 1.54) is 30.2 Å². The topological polar surface area (TPSA) is 84.1 Å². The van der Waals surface area contributed by atoms with Gasteiger partial charge in [-0.3, -0.25) is 4.79 Å². The normalized spacial score (nSPS) is 11.0. The van der Waals surface area contributed by atoms with Crippen LogP contribution in [0.1, 0.15) is 33.3 Å². The van der Waals surface area contributed by atoms with Crippen molar-refractivity contribution in [3.8, 4) is 0 Å². The lowest BCUT2D eigenvalue weighted by Gasteiger charge is -2.06. The highest BCUT2D eigenvalue weighted by molar-refractivity contribution is 7.99. The Morgan fingerprint density at radius 3 is 2.81 bits per heavy atom. The molecule has 2 N–H and O–H groups in total. The number of thiophene rings is 1. The molecule has 2 heterocycles. The Balaban J connectivity index is 1.71. The van der Waals surface area contributed by atoms with Crippen LogP contribution in [0.3, 0.4) is 0 Å². The first-order chi connectivity index (χ1) is 12.9. The number of ether oxygens (including phenoxy) is 1. The van der Waals surface area contributed by atoms with Crippen LogP contribution in [-0.2, 0) is 16.0 Å². The van der Waals surface area contributed by atoms with E-state index >= 15 is 0 Å². The van der Waals surface area contributed by atoms with Crippen molar-refractivity contribution in [2.45, 2.75) is 32.3 Å². The number of H-pyrrole nitrogens is 1. The number of aromatic amines is 1. The maximum Gasteiger partial charge on any atom is 0.341 e. The number of carbonyl (C=O) groups excluding carboxylic acids is 2. The Hall–Kier alpha value is -2.32. The Bertz CT molecular complexity index is 1010. The molecule has 0 aliphatic carbocycles. The van der Waals surface area contributed by atoms with Crippen molar-refractivity contribution in [1.29, 1.82) is 0 Å². The molecule has 0 spiro atoms. The highest BCUT2D eigenvalue weighted by Crippen LogP contribution is 2.34. The fourth-order valence-electron chi connectivity index (χ4n) is 2.88. The number of carbonyl (C=O) groups is 2. The zero-order valence-corrected chi connectivity index (χ0v) is 17.3. The van der Waals surface area contributed by atoms with Crippen LogP contribution in [0.25, 0.3) is 11.0 Å². The van der Waals surface area contributed by atoms with Crippen LogP contribution in [0.15, 0.2) is 23.4 Å². The van der Waals surface area contributed by atoms with Gasteiger partial charge in [-0.25, -0.2) is 9.78 Å². The summed E-state index contributed by atoms with van der Waals surface area (Å²) in [5.74, 6) is -0.421. The molecule has 3 rings (SSSR count). The van der Waals surface area contributed by atoms with Crippen molar-refractivity contribution < 1.29 is 14.3 Å². The molecule has 0 saturated heterocycles. The first-order valence-corrected chi connectivity index (χ1v) is 10.3. The molecule has 27 heavy (non-hydrogen) atoms. The largest absolute Gasteiger partial charge is 0.465 e.